The van der Waals surface area contributed by atoms with Crippen LogP contribution in [-0.4, -0.2) is 65.7 Å². The smallest absolute Gasteiger partial charge is 0.308 e. The molecule has 2 fully saturated rings. The van der Waals surface area contributed by atoms with Crippen molar-refractivity contribution >= 4 is 11.9 Å². The van der Waals surface area contributed by atoms with Crippen molar-refractivity contribution in [3.63, 3.8) is 0 Å². The highest BCUT2D eigenvalue weighted by Gasteiger charge is 2.38. The Morgan fingerprint density at radius 3 is 1.53 bits per heavy atom. The lowest BCUT2D eigenvalue weighted by Crippen LogP contribution is -2.46. The van der Waals surface area contributed by atoms with E-state index in [9.17, 15) is 9.59 Å². The first-order valence-corrected chi connectivity index (χ1v) is 13.4. The molecule has 2 saturated heterocycles. The Morgan fingerprint density at radius 1 is 0.789 bits per heavy atom. The standard InChI is InChI=1S/C14H27NO4.C14H23NO4/c2*1-13(2,3)19-12(16)9-11-8-10(6-7-15)17-14(4,5)18-11/h10-11H,6-9,15H2,1-5H3;10-11H,6,8-9H2,1-5H3/t2*10-,11-/m11/s1. The first-order valence-electron chi connectivity index (χ1n) is 13.4. The number of esters is 2. The summed E-state index contributed by atoms with van der Waals surface area (Å²) < 4.78 is 33.5. The number of hydrogen-bond acceptors (Lipinski definition) is 10. The third-order valence-electron chi connectivity index (χ3n) is 5.29. The largest absolute Gasteiger partial charge is 0.460 e. The molecule has 0 unspecified atom stereocenters. The van der Waals surface area contributed by atoms with E-state index in [-0.39, 0.29) is 49.2 Å². The molecule has 0 aromatic rings. The number of ether oxygens (including phenoxy) is 6. The number of nitrogens with zero attached hydrogens (tertiary/aromatic N) is 1. The van der Waals surface area contributed by atoms with Crippen molar-refractivity contribution in [2.45, 2.75) is 155 Å². The van der Waals surface area contributed by atoms with Gasteiger partial charge in [0, 0.05) is 12.8 Å². The van der Waals surface area contributed by atoms with E-state index in [4.69, 9.17) is 39.4 Å². The fraction of sp³-hybridized carbons (Fsp3) is 0.893. The highest BCUT2D eigenvalue weighted by Crippen LogP contribution is 2.31. The second-order valence-corrected chi connectivity index (χ2v) is 12.8. The molecule has 220 valence electrons. The lowest BCUT2D eigenvalue weighted by Gasteiger charge is -2.40. The summed E-state index contributed by atoms with van der Waals surface area (Å²) in [7, 11) is 0. The maximum absolute atomic E-state index is 11.8. The molecule has 4 atom stereocenters. The van der Waals surface area contributed by atoms with Gasteiger partial charge in [-0.15, -0.1) is 0 Å². The van der Waals surface area contributed by atoms with E-state index in [1.165, 1.54) is 0 Å². The van der Waals surface area contributed by atoms with Crippen molar-refractivity contribution in [3.05, 3.63) is 0 Å². The van der Waals surface area contributed by atoms with Crippen molar-refractivity contribution < 1.29 is 38.0 Å². The summed E-state index contributed by atoms with van der Waals surface area (Å²) in [5.41, 5.74) is 4.61. The van der Waals surface area contributed by atoms with Crippen LogP contribution in [0.15, 0.2) is 0 Å². The van der Waals surface area contributed by atoms with Gasteiger partial charge in [-0.1, -0.05) is 0 Å². The molecule has 0 spiro atoms. The van der Waals surface area contributed by atoms with Gasteiger partial charge in [0.15, 0.2) is 11.6 Å². The van der Waals surface area contributed by atoms with Gasteiger partial charge in [-0.3, -0.25) is 9.59 Å². The van der Waals surface area contributed by atoms with Crippen molar-refractivity contribution in [2.24, 2.45) is 5.73 Å². The maximum Gasteiger partial charge on any atom is 0.308 e. The van der Waals surface area contributed by atoms with E-state index in [0.29, 0.717) is 25.8 Å². The van der Waals surface area contributed by atoms with E-state index in [2.05, 4.69) is 6.07 Å². The monoisotopic (exact) mass is 542 g/mol. The fourth-order valence-corrected chi connectivity index (χ4v) is 4.42. The summed E-state index contributed by atoms with van der Waals surface area (Å²) in [5, 5.41) is 8.75. The molecule has 2 heterocycles. The molecule has 0 bridgehead atoms. The Bertz CT molecular complexity index is 807. The number of carbonyl (C=O) groups excluding carboxylic acids is 2. The molecule has 0 radical (unpaired) electrons. The summed E-state index contributed by atoms with van der Waals surface area (Å²) in [5.74, 6) is -1.97. The lowest BCUT2D eigenvalue weighted by molar-refractivity contribution is -0.300. The van der Waals surface area contributed by atoms with Gasteiger partial charge in [-0.25, -0.2) is 0 Å². The van der Waals surface area contributed by atoms with Gasteiger partial charge in [-0.05, 0) is 82.2 Å². The number of rotatable bonds is 7. The van der Waals surface area contributed by atoms with E-state index in [0.717, 1.165) is 6.42 Å². The molecule has 0 aromatic carbocycles. The van der Waals surface area contributed by atoms with Crippen LogP contribution in [0, 0.1) is 11.3 Å². The van der Waals surface area contributed by atoms with Gasteiger partial charge in [0.2, 0.25) is 0 Å². The van der Waals surface area contributed by atoms with Crippen LogP contribution in [0.4, 0.5) is 0 Å². The van der Waals surface area contributed by atoms with Gasteiger partial charge >= 0.3 is 11.9 Å². The van der Waals surface area contributed by atoms with Crippen molar-refractivity contribution in [1.29, 1.82) is 5.26 Å². The van der Waals surface area contributed by atoms with Crippen molar-refractivity contribution in [3.8, 4) is 6.07 Å². The molecule has 2 aliphatic heterocycles. The van der Waals surface area contributed by atoms with Gasteiger partial charge in [0.05, 0.1) is 49.7 Å². The first kappa shape index (κ1) is 34.3. The lowest BCUT2D eigenvalue weighted by atomic mass is 10.0. The normalized spacial score (nSPS) is 26.8. The number of hydrogen-bond donors (Lipinski definition) is 1. The predicted octanol–water partition coefficient (Wildman–Crippen LogP) is 4.52. The third kappa shape index (κ3) is 15.0. The van der Waals surface area contributed by atoms with Gasteiger partial charge in [-0.2, -0.15) is 5.26 Å². The van der Waals surface area contributed by atoms with E-state index in [1.54, 1.807) is 13.8 Å². The third-order valence-corrected chi connectivity index (χ3v) is 5.29. The van der Waals surface area contributed by atoms with Crippen LogP contribution in [0.25, 0.3) is 0 Å². The zero-order chi connectivity index (χ0) is 29.4. The van der Waals surface area contributed by atoms with Crippen LogP contribution in [0.3, 0.4) is 0 Å². The first-order chi connectivity index (χ1) is 17.2. The molecule has 38 heavy (non-hydrogen) atoms. The van der Waals surface area contributed by atoms with Gasteiger partial charge in [0.25, 0.3) is 0 Å². The van der Waals surface area contributed by atoms with Crippen LogP contribution in [0.1, 0.15) is 108 Å². The quantitative estimate of drug-likeness (QED) is 0.457. The van der Waals surface area contributed by atoms with E-state index < -0.39 is 22.8 Å². The molecular weight excluding hydrogens is 492 g/mol. The maximum atomic E-state index is 11.8. The molecule has 2 rings (SSSR count). The zero-order valence-corrected chi connectivity index (χ0v) is 25.0. The minimum Gasteiger partial charge on any atom is -0.460 e. The zero-order valence-electron chi connectivity index (χ0n) is 25.0. The van der Waals surface area contributed by atoms with Crippen LogP contribution >= 0.6 is 0 Å². The second kappa shape index (κ2) is 14.0. The minimum atomic E-state index is -0.771. The molecule has 2 N–H and O–H groups in total. The van der Waals surface area contributed by atoms with Crippen LogP contribution in [-0.2, 0) is 38.0 Å². The summed E-state index contributed by atoms with van der Waals surface area (Å²) >= 11 is 0. The van der Waals surface area contributed by atoms with Crippen molar-refractivity contribution in [2.75, 3.05) is 6.54 Å². The highest BCUT2D eigenvalue weighted by atomic mass is 16.7. The Labute approximate surface area is 228 Å². The van der Waals surface area contributed by atoms with E-state index in [1.807, 2.05) is 55.4 Å². The van der Waals surface area contributed by atoms with Crippen LogP contribution < -0.4 is 5.73 Å². The summed E-state index contributed by atoms with van der Waals surface area (Å²) in [6, 6.07) is 2.09. The molecule has 0 amide bonds. The average molecular weight is 543 g/mol. The predicted molar refractivity (Wildman–Crippen MR) is 142 cm³/mol. The summed E-state index contributed by atoms with van der Waals surface area (Å²) in [6.07, 6.45) is 2.15. The Morgan fingerprint density at radius 2 is 1.16 bits per heavy atom. The fourth-order valence-electron chi connectivity index (χ4n) is 4.42. The Balaban J connectivity index is 0.000000380. The molecule has 0 saturated carbocycles. The van der Waals surface area contributed by atoms with Gasteiger partial charge < -0.3 is 34.2 Å². The average Bonchev–Trinajstić information content (AvgIpc) is 2.63. The molecule has 2 aliphatic rings. The number of nitrogens with two attached hydrogens (primary N) is 1. The van der Waals surface area contributed by atoms with Crippen LogP contribution in [0.2, 0.25) is 0 Å². The summed E-state index contributed by atoms with van der Waals surface area (Å²) in [6.45, 7) is 18.9. The van der Waals surface area contributed by atoms with Crippen molar-refractivity contribution in [1.82, 2.24) is 0 Å². The minimum absolute atomic E-state index is 0.0428. The number of nitriles is 1. The molecule has 10 nitrogen and oxygen atoms in total. The topological polar surface area (TPSA) is 139 Å². The van der Waals surface area contributed by atoms with Gasteiger partial charge in [0.1, 0.15) is 11.2 Å². The molecule has 0 aliphatic carbocycles. The molecule has 10 heteroatoms. The molecule has 0 aromatic heterocycles. The molecular formula is C28H50N2O8. The Hall–Kier alpha value is -1.77. The SMILES string of the molecule is CC(C)(C)OC(=O)C[C@H]1C[C@@H](CC#N)OC(C)(C)O1.CC(C)(C)OC(=O)C[C@H]1C[C@@H](CCN)OC(C)(C)O1. The van der Waals surface area contributed by atoms with Crippen LogP contribution in [0.5, 0.6) is 0 Å². The highest BCUT2D eigenvalue weighted by molar-refractivity contribution is 5.70. The Kier molecular flexibility index (Phi) is 12.7. The summed E-state index contributed by atoms with van der Waals surface area (Å²) in [4.78, 5) is 23.6. The second-order valence-electron chi connectivity index (χ2n) is 12.8. The number of carbonyl (C=O) groups is 2. The van der Waals surface area contributed by atoms with E-state index >= 15 is 0 Å².